The van der Waals surface area contributed by atoms with Gasteiger partial charge in [0.05, 0.1) is 24.7 Å². The highest BCUT2D eigenvalue weighted by Crippen LogP contribution is 2.19. The minimum absolute atomic E-state index is 0.0347. The maximum Gasteiger partial charge on any atom is 0.338 e. The molecule has 0 aliphatic carbocycles. The summed E-state index contributed by atoms with van der Waals surface area (Å²) in [7, 11) is 0. The van der Waals surface area contributed by atoms with Crippen LogP contribution in [0.1, 0.15) is 37.0 Å². The van der Waals surface area contributed by atoms with Crippen molar-refractivity contribution in [1.82, 2.24) is 4.90 Å². The summed E-state index contributed by atoms with van der Waals surface area (Å²) in [6, 6.07) is 6.65. The molecule has 7 nitrogen and oxygen atoms in total. The molecule has 150 valence electrons. The van der Waals surface area contributed by atoms with Crippen molar-refractivity contribution in [2.24, 2.45) is 5.92 Å². The zero-order valence-corrected chi connectivity index (χ0v) is 16.1. The number of esters is 2. The number of β-amino-alcohol motifs (C(OH)–C–C–N with tert-alkyl or cyclic N) is 1. The van der Waals surface area contributed by atoms with Crippen molar-refractivity contribution in [3.8, 4) is 5.75 Å². The molecule has 0 amide bonds. The summed E-state index contributed by atoms with van der Waals surface area (Å²) in [5, 5.41) is 10.2. The second-order valence-corrected chi connectivity index (χ2v) is 6.54. The molecule has 1 heterocycles. The minimum atomic E-state index is -0.631. The molecule has 0 saturated carbocycles. The number of hydrogen-bond acceptors (Lipinski definition) is 7. The van der Waals surface area contributed by atoms with Crippen LogP contribution in [0.15, 0.2) is 24.3 Å². The van der Waals surface area contributed by atoms with Crippen LogP contribution in [0.4, 0.5) is 0 Å². The number of piperidine rings is 1. The Morgan fingerprint density at radius 2 is 1.74 bits per heavy atom. The van der Waals surface area contributed by atoms with Gasteiger partial charge in [-0.05, 0) is 64.0 Å². The number of aliphatic hydroxyl groups excluding tert-OH is 1. The summed E-state index contributed by atoms with van der Waals surface area (Å²) in [5.74, 6) is 0.0678. The van der Waals surface area contributed by atoms with Crippen molar-refractivity contribution in [3.05, 3.63) is 29.8 Å². The highest BCUT2D eigenvalue weighted by Gasteiger charge is 2.26. The van der Waals surface area contributed by atoms with Gasteiger partial charge in [0.15, 0.2) is 0 Å². The Morgan fingerprint density at radius 1 is 1.11 bits per heavy atom. The Balaban J connectivity index is 1.70. The molecule has 1 aliphatic heterocycles. The van der Waals surface area contributed by atoms with E-state index < -0.39 is 6.10 Å². The Hall–Kier alpha value is -2.12. The Labute approximate surface area is 160 Å². The Morgan fingerprint density at radius 3 is 2.33 bits per heavy atom. The van der Waals surface area contributed by atoms with Crippen LogP contribution in [0.5, 0.6) is 5.75 Å². The standard InChI is InChI=1S/C20H29NO6/c1-3-25-19(23)15-5-7-18(8-6-15)27-14-17(22)13-21-11-9-16(10-12-21)20(24)26-4-2/h5-8,16-17,22H,3-4,9-14H2,1-2H3/t17-/m0/s1. The lowest BCUT2D eigenvalue weighted by molar-refractivity contribution is -0.149. The maximum atomic E-state index is 11.7. The van der Waals surface area contributed by atoms with Crippen LogP contribution in [0.3, 0.4) is 0 Å². The van der Waals surface area contributed by atoms with Crippen molar-refractivity contribution in [3.63, 3.8) is 0 Å². The molecule has 7 heteroatoms. The third-order valence-electron chi connectivity index (χ3n) is 4.48. The third-order valence-corrected chi connectivity index (χ3v) is 4.48. The molecule has 27 heavy (non-hydrogen) atoms. The summed E-state index contributed by atoms with van der Waals surface area (Å²) in [6.07, 6.45) is 0.873. The lowest BCUT2D eigenvalue weighted by Crippen LogP contribution is -2.42. The van der Waals surface area contributed by atoms with E-state index in [2.05, 4.69) is 4.90 Å². The summed E-state index contributed by atoms with van der Waals surface area (Å²) in [6.45, 7) is 6.50. The second kappa shape index (κ2) is 10.9. The molecule has 1 aromatic carbocycles. The molecule has 1 aliphatic rings. The van der Waals surface area contributed by atoms with Gasteiger partial charge in [0.2, 0.25) is 0 Å². The first-order valence-electron chi connectivity index (χ1n) is 9.50. The van der Waals surface area contributed by atoms with Gasteiger partial charge in [-0.1, -0.05) is 0 Å². The lowest BCUT2D eigenvalue weighted by Gasteiger charge is -2.32. The molecule has 1 atom stereocenters. The van der Waals surface area contributed by atoms with Crippen molar-refractivity contribution in [1.29, 1.82) is 0 Å². The number of likely N-dealkylation sites (tertiary alicyclic amines) is 1. The van der Waals surface area contributed by atoms with Crippen molar-refractivity contribution in [2.45, 2.75) is 32.8 Å². The van der Waals surface area contributed by atoms with Crippen LogP contribution in [-0.4, -0.2) is 67.5 Å². The fourth-order valence-electron chi connectivity index (χ4n) is 3.06. The van der Waals surface area contributed by atoms with E-state index in [-0.39, 0.29) is 24.5 Å². The number of ether oxygens (including phenoxy) is 3. The predicted octanol–water partition coefficient (Wildman–Crippen LogP) is 1.88. The van der Waals surface area contributed by atoms with Crippen LogP contribution < -0.4 is 4.74 Å². The van der Waals surface area contributed by atoms with E-state index in [1.807, 2.05) is 6.92 Å². The van der Waals surface area contributed by atoms with Gasteiger partial charge in [0, 0.05) is 6.54 Å². The molecular formula is C20H29NO6. The summed E-state index contributed by atoms with van der Waals surface area (Å²) >= 11 is 0. The maximum absolute atomic E-state index is 11.7. The molecular weight excluding hydrogens is 350 g/mol. The molecule has 1 N–H and O–H groups in total. The van der Waals surface area contributed by atoms with Gasteiger partial charge in [-0.25, -0.2) is 4.79 Å². The third kappa shape index (κ3) is 6.84. The zero-order chi connectivity index (χ0) is 19.6. The Bertz CT molecular complexity index is 595. The van der Waals surface area contributed by atoms with Gasteiger partial charge in [-0.3, -0.25) is 4.79 Å². The first-order valence-corrected chi connectivity index (χ1v) is 9.50. The lowest BCUT2D eigenvalue weighted by atomic mass is 9.97. The summed E-state index contributed by atoms with van der Waals surface area (Å²) in [4.78, 5) is 25.5. The summed E-state index contributed by atoms with van der Waals surface area (Å²) in [5.41, 5.74) is 0.467. The van der Waals surface area contributed by atoms with E-state index in [9.17, 15) is 14.7 Å². The van der Waals surface area contributed by atoms with Crippen LogP contribution in [0.2, 0.25) is 0 Å². The number of nitrogens with zero attached hydrogens (tertiary/aromatic N) is 1. The molecule has 0 spiro atoms. The normalized spacial score (nSPS) is 16.6. The topological polar surface area (TPSA) is 85.3 Å². The van der Waals surface area contributed by atoms with E-state index in [0.717, 1.165) is 25.9 Å². The number of carbonyl (C=O) groups excluding carboxylic acids is 2. The Kier molecular flexibility index (Phi) is 8.54. The van der Waals surface area contributed by atoms with E-state index >= 15 is 0 Å². The van der Waals surface area contributed by atoms with E-state index in [0.29, 0.717) is 31.1 Å². The second-order valence-electron chi connectivity index (χ2n) is 6.54. The fraction of sp³-hybridized carbons (Fsp3) is 0.600. The average Bonchev–Trinajstić information content (AvgIpc) is 2.68. The van der Waals surface area contributed by atoms with Crippen molar-refractivity contribution >= 4 is 11.9 Å². The van der Waals surface area contributed by atoms with Crippen molar-refractivity contribution in [2.75, 3.05) is 39.5 Å². The molecule has 0 unspecified atom stereocenters. The highest BCUT2D eigenvalue weighted by molar-refractivity contribution is 5.89. The van der Waals surface area contributed by atoms with Crippen LogP contribution in [0, 0.1) is 5.92 Å². The smallest absolute Gasteiger partial charge is 0.338 e. The van der Waals surface area contributed by atoms with Crippen LogP contribution >= 0.6 is 0 Å². The van der Waals surface area contributed by atoms with Crippen LogP contribution in [-0.2, 0) is 14.3 Å². The first-order chi connectivity index (χ1) is 13.0. The number of carbonyl (C=O) groups is 2. The zero-order valence-electron chi connectivity index (χ0n) is 16.1. The summed E-state index contributed by atoms with van der Waals surface area (Å²) < 4.78 is 15.6. The minimum Gasteiger partial charge on any atom is -0.491 e. The molecule has 1 fully saturated rings. The molecule has 0 aromatic heterocycles. The average molecular weight is 379 g/mol. The SMILES string of the molecule is CCOC(=O)c1ccc(OC[C@@H](O)CN2CCC(C(=O)OCC)CC2)cc1. The first kappa shape index (κ1) is 21.2. The van der Waals surface area contributed by atoms with E-state index in [1.54, 1.807) is 31.2 Å². The number of benzene rings is 1. The van der Waals surface area contributed by atoms with Gasteiger partial charge >= 0.3 is 11.9 Å². The van der Waals surface area contributed by atoms with Gasteiger partial charge < -0.3 is 24.2 Å². The van der Waals surface area contributed by atoms with E-state index in [4.69, 9.17) is 14.2 Å². The van der Waals surface area contributed by atoms with Crippen molar-refractivity contribution < 1.29 is 28.9 Å². The fourth-order valence-corrected chi connectivity index (χ4v) is 3.06. The van der Waals surface area contributed by atoms with Gasteiger partial charge in [0.25, 0.3) is 0 Å². The van der Waals surface area contributed by atoms with Gasteiger partial charge in [0.1, 0.15) is 18.5 Å². The van der Waals surface area contributed by atoms with Crippen LogP contribution in [0.25, 0.3) is 0 Å². The van der Waals surface area contributed by atoms with Gasteiger partial charge in [-0.2, -0.15) is 0 Å². The number of aliphatic hydroxyl groups is 1. The molecule has 0 radical (unpaired) electrons. The van der Waals surface area contributed by atoms with E-state index in [1.165, 1.54) is 0 Å². The molecule has 1 aromatic rings. The number of rotatable bonds is 9. The molecule has 0 bridgehead atoms. The monoisotopic (exact) mass is 379 g/mol. The van der Waals surface area contributed by atoms with Gasteiger partial charge in [-0.15, -0.1) is 0 Å². The highest BCUT2D eigenvalue weighted by atomic mass is 16.5. The predicted molar refractivity (Wildman–Crippen MR) is 99.7 cm³/mol. The molecule has 2 rings (SSSR count). The largest absolute Gasteiger partial charge is 0.491 e. The quantitative estimate of drug-likeness (QED) is 0.656. The number of hydrogen-bond donors (Lipinski definition) is 1. The molecule has 1 saturated heterocycles.